The van der Waals surface area contributed by atoms with Crippen LogP contribution in [-0.4, -0.2) is 42.1 Å². The number of rotatable bonds is 4. The van der Waals surface area contributed by atoms with Crippen molar-refractivity contribution in [2.75, 3.05) is 20.2 Å². The maximum Gasteiger partial charge on any atom is 0.308 e. The van der Waals surface area contributed by atoms with Crippen LogP contribution in [0.1, 0.15) is 21.0 Å². The van der Waals surface area contributed by atoms with Gasteiger partial charge in [-0.25, -0.2) is 0 Å². The van der Waals surface area contributed by atoms with Crippen LogP contribution < -0.4 is 4.74 Å². The molecule has 1 atom stereocenters. The Hall–Kier alpha value is -2.34. The molecule has 2 aromatic rings. The number of hydrogen-bond acceptors (Lipinski definition) is 4. The summed E-state index contributed by atoms with van der Waals surface area (Å²) in [5, 5.41) is 9.08. The van der Waals surface area contributed by atoms with E-state index in [0.717, 1.165) is 21.8 Å². The smallest absolute Gasteiger partial charge is 0.308 e. The molecule has 3 rings (SSSR count). The number of carboxylic acid groups (broad SMARTS) is 1. The van der Waals surface area contributed by atoms with Crippen LogP contribution in [0.3, 0.4) is 0 Å². The molecule has 0 aliphatic carbocycles. The summed E-state index contributed by atoms with van der Waals surface area (Å²) in [6, 6.07) is 9.63. The van der Waals surface area contributed by atoms with E-state index in [4.69, 9.17) is 9.84 Å². The van der Waals surface area contributed by atoms with Gasteiger partial charge in [0.1, 0.15) is 5.75 Å². The predicted octanol–water partition coefficient (Wildman–Crippen LogP) is 3.28. The molecule has 1 fully saturated rings. The summed E-state index contributed by atoms with van der Waals surface area (Å²) in [4.78, 5) is 27.1. The van der Waals surface area contributed by atoms with Crippen LogP contribution >= 0.6 is 11.3 Å². The number of thiophene rings is 1. The van der Waals surface area contributed by atoms with E-state index in [0.29, 0.717) is 24.4 Å². The Labute approximate surface area is 144 Å². The van der Waals surface area contributed by atoms with Crippen molar-refractivity contribution >= 4 is 23.2 Å². The molecule has 1 aromatic carbocycles. The lowest BCUT2D eigenvalue weighted by molar-refractivity contribution is -0.141. The average molecular weight is 345 g/mol. The van der Waals surface area contributed by atoms with Crippen molar-refractivity contribution < 1.29 is 19.4 Å². The fraction of sp³-hybridized carbons (Fsp3) is 0.333. The number of nitrogens with zero attached hydrogens (tertiary/aromatic N) is 1. The number of aliphatic carboxylic acids is 1. The second kappa shape index (κ2) is 6.65. The molecule has 5 nitrogen and oxygen atoms in total. The van der Waals surface area contributed by atoms with Gasteiger partial charge in [-0.05, 0) is 42.7 Å². The van der Waals surface area contributed by atoms with E-state index in [1.165, 1.54) is 11.3 Å². The molecule has 0 radical (unpaired) electrons. The first-order valence-electron chi connectivity index (χ1n) is 7.76. The van der Waals surface area contributed by atoms with Crippen molar-refractivity contribution in [3.63, 3.8) is 0 Å². The largest absolute Gasteiger partial charge is 0.497 e. The van der Waals surface area contributed by atoms with Crippen molar-refractivity contribution in [3.8, 4) is 16.9 Å². The molecule has 1 N–H and O–H groups in total. The molecule has 1 saturated heterocycles. The lowest BCUT2D eigenvalue weighted by Crippen LogP contribution is -2.29. The Morgan fingerprint density at radius 3 is 2.58 bits per heavy atom. The zero-order valence-corrected chi connectivity index (χ0v) is 14.4. The molecular formula is C18H19NO4S. The van der Waals surface area contributed by atoms with Crippen LogP contribution in [0.2, 0.25) is 0 Å². The summed E-state index contributed by atoms with van der Waals surface area (Å²) < 4.78 is 5.17. The monoisotopic (exact) mass is 345 g/mol. The van der Waals surface area contributed by atoms with Gasteiger partial charge in [-0.1, -0.05) is 12.1 Å². The van der Waals surface area contributed by atoms with Crippen LogP contribution in [0.15, 0.2) is 30.3 Å². The van der Waals surface area contributed by atoms with Crippen LogP contribution in [0.25, 0.3) is 11.1 Å². The third-order valence-electron chi connectivity index (χ3n) is 4.35. The molecule has 2 heterocycles. The zero-order chi connectivity index (χ0) is 17.3. The van der Waals surface area contributed by atoms with Crippen molar-refractivity contribution in [1.29, 1.82) is 0 Å². The predicted molar refractivity (Wildman–Crippen MR) is 92.7 cm³/mol. The summed E-state index contributed by atoms with van der Waals surface area (Å²) in [7, 11) is 1.63. The molecule has 24 heavy (non-hydrogen) atoms. The van der Waals surface area contributed by atoms with Gasteiger partial charge in [0.2, 0.25) is 0 Å². The second-order valence-electron chi connectivity index (χ2n) is 5.88. The molecule has 0 unspecified atom stereocenters. The van der Waals surface area contributed by atoms with Gasteiger partial charge in [-0.3, -0.25) is 9.59 Å². The van der Waals surface area contributed by atoms with E-state index in [2.05, 4.69) is 0 Å². The number of amides is 1. The molecule has 0 spiro atoms. The topological polar surface area (TPSA) is 66.8 Å². The number of benzene rings is 1. The van der Waals surface area contributed by atoms with E-state index in [1.807, 2.05) is 37.3 Å². The minimum Gasteiger partial charge on any atom is -0.497 e. The Balaban J connectivity index is 1.80. The molecule has 0 saturated carbocycles. The van der Waals surface area contributed by atoms with E-state index in [9.17, 15) is 9.59 Å². The van der Waals surface area contributed by atoms with Gasteiger partial charge in [-0.15, -0.1) is 11.3 Å². The first-order valence-corrected chi connectivity index (χ1v) is 8.58. The van der Waals surface area contributed by atoms with Crippen LogP contribution in [0, 0.1) is 12.8 Å². The summed E-state index contributed by atoms with van der Waals surface area (Å²) >= 11 is 1.45. The molecule has 1 aromatic heterocycles. The van der Waals surface area contributed by atoms with Crippen molar-refractivity contribution in [3.05, 3.63) is 40.1 Å². The normalized spacial score (nSPS) is 17.1. The van der Waals surface area contributed by atoms with Gasteiger partial charge < -0.3 is 14.7 Å². The average Bonchev–Trinajstić information content (AvgIpc) is 3.21. The number of carboxylic acids is 1. The van der Waals surface area contributed by atoms with E-state index < -0.39 is 11.9 Å². The number of ether oxygens (including phenoxy) is 1. The zero-order valence-electron chi connectivity index (χ0n) is 13.6. The van der Waals surface area contributed by atoms with Gasteiger partial charge >= 0.3 is 5.97 Å². The van der Waals surface area contributed by atoms with Crippen LogP contribution in [0.5, 0.6) is 5.75 Å². The lowest BCUT2D eigenvalue weighted by Gasteiger charge is -2.14. The summed E-state index contributed by atoms with van der Waals surface area (Å²) in [5.41, 5.74) is 2.06. The maximum absolute atomic E-state index is 12.6. The SMILES string of the molecule is COc1ccc(-c2cc(C(=O)N3CC[C@H](C(=O)O)C3)sc2C)cc1. The second-order valence-corrected chi connectivity index (χ2v) is 7.14. The van der Waals surface area contributed by atoms with Gasteiger partial charge in [-0.2, -0.15) is 0 Å². The number of likely N-dealkylation sites (tertiary alicyclic amines) is 1. The highest BCUT2D eigenvalue weighted by Crippen LogP contribution is 2.33. The van der Waals surface area contributed by atoms with E-state index >= 15 is 0 Å². The minimum atomic E-state index is -0.827. The highest BCUT2D eigenvalue weighted by atomic mass is 32.1. The van der Waals surface area contributed by atoms with E-state index in [-0.39, 0.29) is 5.91 Å². The van der Waals surface area contributed by atoms with Crippen LogP contribution in [-0.2, 0) is 4.79 Å². The Bertz CT molecular complexity index is 766. The Kier molecular flexibility index (Phi) is 4.57. The Morgan fingerprint density at radius 2 is 2.00 bits per heavy atom. The molecule has 1 aliphatic rings. The van der Waals surface area contributed by atoms with Gasteiger partial charge in [0.25, 0.3) is 5.91 Å². The molecule has 0 bridgehead atoms. The fourth-order valence-electron chi connectivity index (χ4n) is 2.95. The number of carbonyl (C=O) groups excluding carboxylic acids is 1. The number of hydrogen-bond donors (Lipinski definition) is 1. The number of methoxy groups -OCH3 is 1. The van der Waals surface area contributed by atoms with Crippen LogP contribution in [0.4, 0.5) is 0 Å². The first kappa shape index (κ1) is 16.5. The Morgan fingerprint density at radius 1 is 1.29 bits per heavy atom. The van der Waals surface area contributed by atoms with E-state index in [1.54, 1.807) is 12.0 Å². The molecule has 126 valence electrons. The summed E-state index contributed by atoms with van der Waals surface area (Å²) in [5.74, 6) is -0.561. The lowest BCUT2D eigenvalue weighted by atomic mass is 10.1. The minimum absolute atomic E-state index is 0.0772. The molecule has 6 heteroatoms. The van der Waals surface area contributed by atoms with Crippen molar-refractivity contribution in [2.24, 2.45) is 5.92 Å². The van der Waals surface area contributed by atoms with Crippen molar-refractivity contribution in [2.45, 2.75) is 13.3 Å². The number of carbonyl (C=O) groups is 2. The highest BCUT2D eigenvalue weighted by molar-refractivity contribution is 7.14. The highest BCUT2D eigenvalue weighted by Gasteiger charge is 2.32. The molecule has 1 aliphatic heterocycles. The van der Waals surface area contributed by atoms with Gasteiger partial charge in [0.05, 0.1) is 17.9 Å². The molecule has 1 amide bonds. The quantitative estimate of drug-likeness (QED) is 0.923. The standard InChI is InChI=1S/C18H19NO4S/c1-11-15(12-3-5-14(23-2)6-4-12)9-16(24-11)17(20)19-8-7-13(10-19)18(21)22/h3-6,9,13H,7-8,10H2,1-2H3,(H,21,22)/t13-/m0/s1. The first-order chi connectivity index (χ1) is 11.5. The molecular weight excluding hydrogens is 326 g/mol. The van der Waals surface area contributed by atoms with Gasteiger partial charge in [0.15, 0.2) is 0 Å². The summed E-state index contributed by atoms with van der Waals surface area (Å²) in [6.07, 6.45) is 0.525. The third kappa shape index (κ3) is 3.14. The fourth-order valence-corrected chi connectivity index (χ4v) is 3.96. The maximum atomic E-state index is 12.6. The third-order valence-corrected chi connectivity index (χ3v) is 5.39. The number of aryl methyl sites for hydroxylation is 1. The summed E-state index contributed by atoms with van der Waals surface area (Å²) in [6.45, 7) is 2.79. The van der Waals surface area contributed by atoms with Crippen molar-refractivity contribution in [1.82, 2.24) is 4.90 Å². The van der Waals surface area contributed by atoms with Gasteiger partial charge in [0, 0.05) is 18.0 Å².